The van der Waals surface area contributed by atoms with Gasteiger partial charge in [-0.25, -0.2) is 0 Å². The lowest BCUT2D eigenvalue weighted by molar-refractivity contribution is 0.960. The zero-order chi connectivity index (χ0) is 13.8. The van der Waals surface area contributed by atoms with Crippen molar-refractivity contribution >= 4 is 33.1 Å². The molecule has 3 rings (SSSR count). The predicted octanol–water partition coefficient (Wildman–Crippen LogP) is 4.35. The molecule has 2 aromatic carbocycles. The van der Waals surface area contributed by atoms with Crippen LogP contribution < -0.4 is 4.90 Å². The van der Waals surface area contributed by atoms with Crippen molar-refractivity contribution in [3.8, 4) is 6.07 Å². The number of nitriles is 1. The molecule has 20 heavy (non-hydrogen) atoms. The number of para-hydroxylation sites is 1. The molecule has 1 heterocycles. The van der Waals surface area contributed by atoms with Gasteiger partial charge in [0, 0.05) is 17.6 Å². The van der Waals surface area contributed by atoms with Gasteiger partial charge in [0.05, 0.1) is 18.0 Å². The Kier molecular flexibility index (Phi) is 3.62. The highest BCUT2D eigenvalue weighted by molar-refractivity contribution is 7.12. The van der Waals surface area contributed by atoms with Crippen molar-refractivity contribution in [3.63, 3.8) is 0 Å². The summed E-state index contributed by atoms with van der Waals surface area (Å²) in [6.07, 6.45) is 0.487. The fourth-order valence-corrected chi connectivity index (χ4v) is 3.10. The average Bonchev–Trinajstić information content (AvgIpc) is 2.93. The van der Waals surface area contributed by atoms with E-state index in [0.29, 0.717) is 13.0 Å². The molecule has 4 heteroatoms. The molecule has 0 N–H and O–H groups in total. The summed E-state index contributed by atoms with van der Waals surface area (Å²) >= 11 is 1.48. The number of benzene rings is 2. The van der Waals surface area contributed by atoms with Crippen molar-refractivity contribution in [1.29, 1.82) is 5.26 Å². The number of hydrogen-bond donors (Lipinski definition) is 0. The standard InChI is InChI=1S/C16H13N3S/c17-11-6-12-19(13-7-2-1-3-8-13)16-14-9-4-5-10-15(14)18-20-16/h1-5,7-10H,6,12H2. The van der Waals surface area contributed by atoms with Crippen LogP contribution in [0.25, 0.3) is 10.9 Å². The van der Waals surface area contributed by atoms with E-state index in [1.54, 1.807) is 0 Å². The molecular weight excluding hydrogens is 266 g/mol. The average molecular weight is 279 g/mol. The van der Waals surface area contributed by atoms with E-state index in [0.717, 1.165) is 21.6 Å². The van der Waals surface area contributed by atoms with Gasteiger partial charge < -0.3 is 4.90 Å². The molecule has 0 atom stereocenters. The maximum atomic E-state index is 8.88. The van der Waals surface area contributed by atoms with Crippen LogP contribution in [0.2, 0.25) is 0 Å². The highest BCUT2D eigenvalue weighted by Gasteiger charge is 2.14. The molecule has 0 aliphatic heterocycles. The van der Waals surface area contributed by atoms with Crippen molar-refractivity contribution in [2.24, 2.45) is 0 Å². The number of fused-ring (bicyclic) bond motifs is 1. The van der Waals surface area contributed by atoms with Gasteiger partial charge in [0.25, 0.3) is 0 Å². The van der Waals surface area contributed by atoms with Crippen LogP contribution in [0.15, 0.2) is 54.6 Å². The smallest absolute Gasteiger partial charge is 0.124 e. The van der Waals surface area contributed by atoms with Gasteiger partial charge in [0.1, 0.15) is 5.00 Å². The van der Waals surface area contributed by atoms with E-state index in [2.05, 4.69) is 33.5 Å². The molecule has 98 valence electrons. The highest BCUT2D eigenvalue weighted by Crippen LogP contribution is 2.35. The van der Waals surface area contributed by atoms with Gasteiger partial charge in [-0.2, -0.15) is 9.64 Å². The fraction of sp³-hybridized carbons (Fsp3) is 0.125. The van der Waals surface area contributed by atoms with Crippen molar-refractivity contribution in [2.75, 3.05) is 11.4 Å². The van der Waals surface area contributed by atoms with Gasteiger partial charge in [-0.3, -0.25) is 0 Å². The van der Waals surface area contributed by atoms with Gasteiger partial charge >= 0.3 is 0 Å². The maximum Gasteiger partial charge on any atom is 0.124 e. The first-order valence-electron chi connectivity index (χ1n) is 6.44. The summed E-state index contributed by atoms with van der Waals surface area (Å²) in [5.41, 5.74) is 2.10. The molecule has 1 aromatic heterocycles. The van der Waals surface area contributed by atoms with Crippen molar-refractivity contribution in [3.05, 3.63) is 54.6 Å². The third-order valence-corrected chi connectivity index (χ3v) is 4.03. The lowest BCUT2D eigenvalue weighted by Gasteiger charge is -2.22. The summed E-state index contributed by atoms with van der Waals surface area (Å²) in [6.45, 7) is 0.673. The molecule has 3 nitrogen and oxygen atoms in total. The summed E-state index contributed by atoms with van der Waals surface area (Å²) in [7, 11) is 0. The minimum absolute atomic E-state index is 0.487. The Bertz CT molecular complexity index is 743. The van der Waals surface area contributed by atoms with E-state index in [-0.39, 0.29) is 0 Å². The topological polar surface area (TPSA) is 39.9 Å². The Morgan fingerprint density at radius 2 is 1.80 bits per heavy atom. The van der Waals surface area contributed by atoms with E-state index >= 15 is 0 Å². The number of anilines is 2. The number of aromatic nitrogens is 1. The molecule has 0 radical (unpaired) electrons. The monoisotopic (exact) mass is 279 g/mol. The Morgan fingerprint density at radius 1 is 1.05 bits per heavy atom. The molecular formula is C16H13N3S. The van der Waals surface area contributed by atoms with Crippen molar-refractivity contribution in [2.45, 2.75) is 6.42 Å². The van der Waals surface area contributed by atoms with E-state index < -0.39 is 0 Å². The Hall–Kier alpha value is -2.38. The molecule has 0 unspecified atom stereocenters. The van der Waals surface area contributed by atoms with Gasteiger partial charge in [0.2, 0.25) is 0 Å². The second kappa shape index (κ2) is 5.72. The summed E-state index contributed by atoms with van der Waals surface area (Å²) < 4.78 is 4.49. The zero-order valence-electron chi connectivity index (χ0n) is 10.9. The Balaban J connectivity index is 2.07. The quantitative estimate of drug-likeness (QED) is 0.713. The number of rotatable bonds is 4. The first kappa shape index (κ1) is 12.6. The van der Waals surface area contributed by atoms with Crippen LogP contribution in [0.5, 0.6) is 0 Å². The van der Waals surface area contributed by atoms with Crippen LogP contribution in [0, 0.1) is 11.3 Å². The third-order valence-electron chi connectivity index (χ3n) is 3.13. The van der Waals surface area contributed by atoms with Gasteiger partial charge in [0.15, 0.2) is 0 Å². The molecule has 0 amide bonds. The Labute approximate surface area is 121 Å². The van der Waals surface area contributed by atoms with E-state index in [9.17, 15) is 0 Å². The van der Waals surface area contributed by atoms with Crippen LogP contribution in [0.4, 0.5) is 10.7 Å². The molecule has 3 aromatic rings. The van der Waals surface area contributed by atoms with E-state index in [4.69, 9.17) is 5.26 Å². The van der Waals surface area contributed by atoms with E-state index in [1.807, 2.05) is 36.4 Å². The summed E-state index contributed by atoms with van der Waals surface area (Å²) in [5.74, 6) is 0. The largest absolute Gasteiger partial charge is 0.330 e. The first-order valence-corrected chi connectivity index (χ1v) is 7.21. The van der Waals surface area contributed by atoms with Gasteiger partial charge in [-0.15, -0.1) is 0 Å². The Morgan fingerprint density at radius 3 is 2.60 bits per heavy atom. The molecule has 0 spiro atoms. The fourth-order valence-electron chi connectivity index (χ4n) is 2.19. The lowest BCUT2D eigenvalue weighted by Crippen LogP contribution is -2.17. The van der Waals surface area contributed by atoms with Crippen molar-refractivity contribution in [1.82, 2.24) is 4.37 Å². The number of hydrogen-bond acceptors (Lipinski definition) is 4. The number of nitrogens with zero attached hydrogens (tertiary/aromatic N) is 3. The summed E-state index contributed by atoms with van der Waals surface area (Å²) in [6, 6.07) is 20.5. The zero-order valence-corrected chi connectivity index (χ0v) is 11.7. The van der Waals surface area contributed by atoms with Crippen LogP contribution >= 0.6 is 11.5 Å². The SMILES string of the molecule is N#CCCN(c1ccccc1)c1snc2ccccc12. The first-order chi connectivity index (χ1) is 9.90. The predicted molar refractivity (Wildman–Crippen MR) is 83.3 cm³/mol. The second-order valence-electron chi connectivity index (χ2n) is 4.40. The molecule has 0 saturated heterocycles. The lowest BCUT2D eigenvalue weighted by atomic mass is 10.2. The van der Waals surface area contributed by atoms with Gasteiger partial charge in [-0.1, -0.05) is 30.3 Å². The molecule has 0 saturated carbocycles. The second-order valence-corrected chi connectivity index (χ2v) is 5.15. The van der Waals surface area contributed by atoms with Crippen LogP contribution in [0.3, 0.4) is 0 Å². The van der Waals surface area contributed by atoms with Crippen molar-refractivity contribution < 1.29 is 0 Å². The highest BCUT2D eigenvalue weighted by atomic mass is 32.1. The van der Waals surface area contributed by atoms with Crippen LogP contribution in [-0.2, 0) is 0 Å². The van der Waals surface area contributed by atoms with E-state index in [1.165, 1.54) is 11.5 Å². The molecule has 0 fully saturated rings. The van der Waals surface area contributed by atoms with Gasteiger partial charge in [-0.05, 0) is 35.8 Å². The third kappa shape index (κ3) is 2.36. The minimum Gasteiger partial charge on any atom is -0.330 e. The molecule has 0 aliphatic rings. The summed E-state index contributed by atoms with van der Waals surface area (Å²) in [5, 5.41) is 11.1. The van der Waals surface area contributed by atoms with Crippen LogP contribution in [-0.4, -0.2) is 10.9 Å². The minimum atomic E-state index is 0.487. The molecule has 0 bridgehead atoms. The summed E-state index contributed by atoms with van der Waals surface area (Å²) in [4.78, 5) is 2.17. The van der Waals surface area contributed by atoms with Crippen LogP contribution in [0.1, 0.15) is 6.42 Å². The normalized spacial score (nSPS) is 10.3. The molecule has 0 aliphatic carbocycles. The maximum absolute atomic E-state index is 8.88.